The third kappa shape index (κ3) is 12.2. The molecule has 0 aliphatic heterocycles. The van der Waals surface area contributed by atoms with E-state index < -0.39 is 0 Å². The van der Waals surface area contributed by atoms with Gasteiger partial charge in [-0.2, -0.15) is 0 Å². The summed E-state index contributed by atoms with van der Waals surface area (Å²) >= 11 is 4.91. The molecule has 4 heteroatoms. The minimum atomic E-state index is 0.395. The van der Waals surface area contributed by atoms with Crippen molar-refractivity contribution < 1.29 is 0 Å². The van der Waals surface area contributed by atoms with Crippen LogP contribution >= 0.6 is 12.2 Å². The van der Waals surface area contributed by atoms with Crippen molar-refractivity contribution in [3.63, 3.8) is 0 Å². The minimum absolute atomic E-state index is 0.395. The van der Waals surface area contributed by atoms with E-state index in [0.717, 1.165) is 19.5 Å². The quantitative estimate of drug-likeness (QED) is 0.581. The molecule has 0 aromatic rings. The van der Waals surface area contributed by atoms with E-state index in [2.05, 4.69) is 30.8 Å². The Hall–Kier alpha value is -0.870. The average molecular weight is 298 g/mol. The first-order valence-corrected chi connectivity index (χ1v) is 8.07. The Balaban J connectivity index is 0.000000493. The molecular weight excluding hydrogens is 266 g/mol. The van der Waals surface area contributed by atoms with Crippen LogP contribution in [0.3, 0.4) is 0 Å². The van der Waals surface area contributed by atoms with Crippen LogP contribution in [0.1, 0.15) is 51.9 Å². The first-order valence-electron chi connectivity index (χ1n) is 7.66. The van der Waals surface area contributed by atoms with Gasteiger partial charge in [0.25, 0.3) is 0 Å². The first-order chi connectivity index (χ1) is 9.57. The largest absolute Gasteiger partial charge is 0.397 e. The summed E-state index contributed by atoms with van der Waals surface area (Å²) in [7, 11) is 2.08. The summed E-state index contributed by atoms with van der Waals surface area (Å²) < 4.78 is 0. The van der Waals surface area contributed by atoms with Crippen molar-refractivity contribution in [2.24, 2.45) is 5.73 Å². The highest BCUT2D eigenvalue weighted by atomic mass is 32.1. The van der Waals surface area contributed by atoms with Gasteiger partial charge in [-0.25, -0.2) is 0 Å². The lowest BCUT2D eigenvalue weighted by Crippen LogP contribution is -2.22. The van der Waals surface area contributed by atoms with Gasteiger partial charge in [-0.15, -0.1) is 0 Å². The zero-order valence-corrected chi connectivity index (χ0v) is 14.0. The molecule has 0 spiro atoms. The predicted molar refractivity (Wildman–Crippen MR) is 93.7 cm³/mol. The third-order valence-corrected chi connectivity index (χ3v) is 3.53. The van der Waals surface area contributed by atoms with Crippen molar-refractivity contribution in [2.75, 3.05) is 20.1 Å². The first kappa shape index (κ1) is 19.1. The molecule has 0 unspecified atom stereocenters. The van der Waals surface area contributed by atoms with Gasteiger partial charge in [0.05, 0.1) is 5.70 Å². The summed E-state index contributed by atoms with van der Waals surface area (Å²) in [6.45, 7) is 7.69. The molecule has 0 saturated heterocycles. The van der Waals surface area contributed by atoms with E-state index in [1.165, 1.54) is 38.5 Å². The molecule has 0 radical (unpaired) electrons. The Morgan fingerprint density at radius 1 is 1.25 bits per heavy atom. The van der Waals surface area contributed by atoms with E-state index in [-0.39, 0.29) is 0 Å². The second-order valence-electron chi connectivity index (χ2n) is 5.28. The summed E-state index contributed by atoms with van der Waals surface area (Å²) in [5.41, 5.74) is 5.78. The molecule has 1 aliphatic carbocycles. The summed E-state index contributed by atoms with van der Waals surface area (Å²) in [6, 6.07) is 0. The molecule has 0 aromatic heterocycles. The van der Waals surface area contributed by atoms with Crippen molar-refractivity contribution in [3.8, 4) is 0 Å². The SMILES string of the molecule is C1CCCCC1.C=C(N)C(=S)N/C=C/CN(C)CCC. The molecule has 1 aliphatic rings. The number of hydrogen-bond acceptors (Lipinski definition) is 3. The van der Waals surface area contributed by atoms with Gasteiger partial charge in [0.2, 0.25) is 0 Å². The van der Waals surface area contributed by atoms with Gasteiger partial charge in [0.15, 0.2) is 0 Å². The van der Waals surface area contributed by atoms with Crippen LogP contribution in [0.4, 0.5) is 0 Å². The highest BCUT2D eigenvalue weighted by molar-refractivity contribution is 7.80. The number of likely N-dealkylation sites (N-methyl/N-ethyl adjacent to an activating group) is 1. The fourth-order valence-corrected chi connectivity index (χ4v) is 2.06. The zero-order chi connectivity index (χ0) is 15.2. The number of rotatable bonds is 6. The van der Waals surface area contributed by atoms with Gasteiger partial charge in [0.1, 0.15) is 4.99 Å². The zero-order valence-electron chi connectivity index (χ0n) is 13.2. The van der Waals surface area contributed by atoms with Crippen LogP contribution in [0.15, 0.2) is 24.6 Å². The van der Waals surface area contributed by atoms with Crippen molar-refractivity contribution in [1.82, 2.24) is 10.2 Å². The lowest BCUT2D eigenvalue weighted by Gasteiger charge is -2.11. The Morgan fingerprint density at radius 2 is 1.75 bits per heavy atom. The second kappa shape index (κ2) is 13.1. The standard InChI is InChI=1S/C10H19N3S.C6H12/c1-4-7-13(3)8-5-6-12-10(14)9(2)11;1-2-4-6-5-3-1/h5-6H,2,4,7-8,11H2,1,3H3,(H,12,14);1-6H2/b6-5+;. The van der Waals surface area contributed by atoms with E-state index in [1.54, 1.807) is 6.20 Å². The molecule has 0 bridgehead atoms. The molecule has 1 saturated carbocycles. The molecule has 20 heavy (non-hydrogen) atoms. The van der Waals surface area contributed by atoms with Gasteiger partial charge in [-0.3, -0.25) is 0 Å². The molecule has 3 N–H and O–H groups in total. The van der Waals surface area contributed by atoms with Crippen molar-refractivity contribution in [3.05, 3.63) is 24.6 Å². The van der Waals surface area contributed by atoms with E-state index in [9.17, 15) is 0 Å². The molecular formula is C16H31N3S. The fraction of sp³-hybridized carbons (Fsp3) is 0.688. The molecule has 1 fully saturated rings. The van der Waals surface area contributed by atoms with Gasteiger partial charge >= 0.3 is 0 Å². The lowest BCUT2D eigenvalue weighted by atomic mass is 10.0. The van der Waals surface area contributed by atoms with E-state index >= 15 is 0 Å². The van der Waals surface area contributed by atoms with Crippen LogP contribution in [-0.4, -0.2) is 30.0 Å². The smallest absolute Gasteiger partial charge is 0.125 e. The van der Waals surface area contributed by atoms with Crippen LogP contribution in [0, 0.1) is 0 Å². The maximum Gasteiger partial charge on any atom is 0.125 e. The Labute approximate surface area is 130 Å². The average Bonchev–Trinajstić information content (AvgIpc) is 2.46. The van der Waals surface area contributed by atoms with Gasteiger partial charge in [0, 0.05) is 6.54 Å². The monoisotopic (exact) mass is 297 g/mol. The Bertz CT molecular complexity index is 285. The number of hydrogen-bond donors (Lipinski definition) is 2. The van der Waals surface area contributed by atoms with Crippen molar-refractivity contribution in [2.45, 2.75) is 51.9 Å². The Morgan fingerprint density at radius 3 is 2.15 bits per heavy atom. The summed E-state index contributed by atoms with van der Waals surface area (Å²) in [4.78, 5) is 2.71. The van der Waals surface area contributed by atoms with Crippen LogP contribution in [-0.2, 0) is 0 Å². The number of nitrogens with two attached hydrogens (primary N) is 1. The number of nitrogens with zero attached hydrogens (tertiary/aromatic N) is 1. The van der Waals surface area contributed by atoms with Gasteiger partial charge in [-0.05, 0) is 26.2 Å². The van der Waals surface area contributed by atoms with Crippen LogP contribution in [0.5, 0.6) is 0 Å². The molecule has 0 heterocycles. The van der Waals surface area contributed by atoms with Crippen molar-refractivity contribution >= 4 is 17.2 Å². The van der Waals surface area contributed by atoms with Crippen LogP contribution in [0.25, 0.3) is 0 Å². The number of nitrogens with one attached hydrogen (secondary N) is 1. The van der Waals surface area contributed by atoms with Crippen molar-refractivity contribution in [1.29, 1.82) is 0 Å². The van der Waals surface area contributed by atoms with E-state index in [1.807, 2.05) is 6.08 Å². The molecule has 0 atom stereocenters. The second-order valence-corrected chi connectivity index (χ2v) is 5.69. The molecule has 116 valence electrons. The Kier molecular flexibility index (Phi) is 12.6. The predicted octanol–water partition coefficient (Wildman–Crippen LogP) is 3.57. The summed E-state index contributed by atoms with van der Waals surface area (Å²) in [6.07, 6.45) is 14.0. The molecule has 3 nitrogen and oxygen atoms in total. The summed E-state index contributed by atoms with van der Waals surface area (Å²) in [5.74, 6) is 0. The highest BCUT2D eigenvalue weighted by Gasteiger charge is 1.95. The fourth-order valence-electron chi connectivity index (χ4n) is 1.99. The van der Waals surface area contributed by atoms with Gasteiger partial charge in [-0.1, -0.05) is 70.3 Å². The maximum absolute atomic E-state index is 5.38. The third-order valence-electron chi connectivity index (χ3n) is 3.15. The van der Waals surface area contributed by atoms with Crippen LogP contribution in [0.2, 0.25) is 0 Å². The number of thiocarbonyl (C=S) groups is 1. The maximum atomic E-state index is 5.38. The highest BCUT2D eigenvalue weighted by Crippen LogP contribution is 2.15. The molecule has 0 aromatic carbocycles. The minimum Gasteiger partial charge on any atom is -0.397 e. The van der Waals surface area contributed by atoms with E-state index in [0.29, 0.717) is 10.7 Å². The lowest BCUT2D eigenvalue weighted by molar-refractivity contribution is 0.370. The van der Waals surface area contributed by atoms with E-state index in [4.69, 9.17) is 18.0 Å². The van der Waals surface area contributed by atoms with Crippen LogP contribution < -0.4 is 11.1 Å². The van der Waals surface area contributed by atoms with Gasteiger partial charge < -0.3 is 16.0 Å². The topological polar surface area (TPSA) is 41.3 Å². The molecule has 0 amide bonds. The molecule has 1 rings (SSSR count). The summed E-state index contributed by atoms with van der Waals surface area (Å²) in [5, 5.41) is 2.88. The normalized spacial score (nSPS) is 14.8.